The average molecular weight is 250 g/mol. The molecule has 86 valence electrons. The van der Waals surface area contributed by atoms with Gasteiger partial charge in [-0.3, -0.25) is 0 Å². The van der Waals surface area contributed by atoms with Gasteiger partial charge in [-0.2, -0.15) is 13.2 Å². The summed E-state index contributed by atoms with van der Waals surface area (Å²) >= 11 is 5.71. The predicted molar refractivity (Wildman–Crippen MR) is 51.2 cm³/mol. The van der Waals surface area contributed by atoms with Crippen LogP contribution in [-0.4, -0.2) is 11.3 Å². The summed E-state index contributed by atoms with van der Waals surface area (Å²) in [6.45, 7) is 0. The molecule has 1 saturated carbocycles. The molecule has 0 saturated heterocycles. The Kier molecular flexibility index (Phi) is 2.45. The van der Waals surface area contributed by atoms with Crippen molar-refractivity contribution in [3.05, 3.63) is 28.5 Å². The lowest BCUT2D eigenvalue weighted by atomic mass is 9.98. The summed E-state index contributed by atoms with van der Waals surface area (Å²) in [6, 6.07) is 0.913. The fraction of sp³-hybridized carbons (Fsp3) is 0.400. The van der Waals surface area contributed by atoms with Crippen LogP contribution in [0.3, 0.4) is 0 Å². The highest BCUT2D eigenvalue weighted by molar-refractivity contribution is 6.30. The zero-order valence-corrected chi connectivity index (χ0v) is 8.77. The Morgan fingerprint density at radius 3 is 2.50 bits per heavy atom. The first kappa shape index (κ1) is 11.4. The van der Waals surface area contributed by atoms with E-state index in [0.717, 1.165) is 6.07 Å². The molecule has 0 atom stereocenters. The monoisotopic (exact) mass is 249 g/mol. The molecule has 1 fully saturated rings. The number of aromatic nitrogens is 1. The van der Waals surface area contributed by atoms with E-state index in [1.165, 1.54) is 0 Å². The number of aldehydes is 1. The van der Waals surface area contributed by atoms with Gasteiger partial charge in [-0.15, -0.1) is 0 Å². The number of nitrogens with zero attached hydrogens (tertiary/aromatic N) is 1. The van der Waals surface area contributed by atoms with E-state index >= 15 is 0 Å². The number of pyridine rings is 1. The molecule has 0 aromatic carbocycles. The fourth-order valence-corrected chi connectivity index (χ4v) is 1.83. The van der Waals surface area contributed by atoms with Gasteiger partial charge in [-0.25, -0.2) is 4.98 Å². The quantitative estimate of drug-likeness (QED) is 0.596. The molecule has 1 aromatic rings. The van der Waals surface area contributed by atoms with Crippen LogP contribution in [0, 0.1) is 0 Å². The van der Waals surface area contributed by atoms with Gasteiger partial charge < -0.3 is 4.79 Å². The molecule has 6 heteroatoms. The van der Waals surface area contributed by atoms with Crippen molar-refractivity contribution in [2.24, 2.45) is 0 Å². The Hall–Kier alpha value is -1.10. The van der Waals surface area contributed by atoms with Gasteiger partial charge in [0.2, 0.25) is 0 Å². The minimum absolute atomic E-state index is 0.0300. The maximum atomic E-state index is 12.4. The van der Waals surface area contributed by atoms with Crippen molar-refractivity contribution in [1.82, 2.24) is 4.98 Å². The molecule has 1 aliphatic rings. The van der Waals surface area contributed by atoms with Crippen molar-refractivity contribution in [2.75, 3.05) is 0 Å². The van der Waals surface area contributed by atoms with Gasteiger partial charge >= 0.3 is 6.18 Å². The van der Waals surface area contributed by atoms with Gasteiger partial charge in [0.05, 0.1) is 11.0 Å². The maximum absolute atomic E-state index is 12.4. The second-order valence-corrected chi connectivity index (χ2v) is 4.19. The van der Waals surface area contributed by atoms with Crippen LogP contribution in [0.15, 0.2) is 12.3 Å². The summed E-state index contributed by atoms with van der Waals surface area (Å²) in [5, 5.41) is -0.0300. The third kappa shape index (κ3) is 1.80. The molecule has 1 heterocycles. The molecular weight excluding hydrogens is 243 g/mol. The van der Waals surface area contributed by atoms with E-state index < -0.39 is 17.2 Å². The summed E-state index contributed by atoms with van der Waals surface area (Å²) in [5.74, 6) is 0. The molecule has 1 aliphatic carbocycles. The van der Waals surface area contributed by atoms with Crippen LogP contribution in [0.25, 0.3) is 0 Å². The summed E-state index contributed by atoms with van der Waals surface area (Å²) in [6.07, 6.45) is -2.09. The zero-order valence-electron chi connectivity index (χ0n) is 8.01. The molecule has 0 bridgehead atoms. The minimum Gasteiger partial charge on any atom is -0.302 e. The first-order valence-electron chi connectivity index (χ1n) is 4.59. The van der Waals surface area contributed by atoms with Crippen molar-refractivity contribution in [3.8, 4) is 0 Å². The van der Waals surface area contributed by atoms with Crippen LogP contribution in [0.5, 0.6) is 0 Å². The smallest absolute Gasteiger partial charge is 0.302 e. The largest absolute Gasteiger partial charge is 0.417 e. The van der Waals surface area contributed by atoms with Gasteiger partial charge in [0.25, 0.3) is 0 Å². The van der Waals surface area contributed by atoms with E-state index in [-0.39, 0.29) is 10.7 Å². The van der Waals surface area contributed by atoms with Gasteiger partial charge in [0, 0.05) is 11.8 Å². The lowest BCUT2D eigenvalue weighted by Gasteiger charge is -2.12. The Morgan fingerprint density at radius 2 is 2.06 bits per heavy atom. The van der Waals surface area contributed by atoms with Crippen LogP contribution in [0.4, 0.5) is 13.2 Å². The topological polar surface area (TPSA) is 30.0 Å². The van der Waals surface area contributed by atoms with Crippen molar-refractivity contribution in [1.29, 1.82) is 0 Å². The number of halogens is 4. The highest BCUT2D eigenvalue weighted by Gasteiger charge is 2.47. The standard InChI is InChI=1S/C10H7ClF3NO/c11-8-7(9(5-16)1-2-9)3-6(4-15-8)10(12,13)14/h3-5H,1-2H2. The Balaban J connectivity index is 2.50. The van der Waals surface area contributed by atoms with E-state index in [4.69, 9.17) is 11.6 Å². The highest BCUT2D eigenvalue weighted by atomic mass is 35.5. The number of hydrogen-bond acceptors (Lipinski definition) is 2. The lowest BCUT2D eigenvalue weighted by Crippen LogP contribution is -2.13. The van der Waals surface area contributed by atoms with E-state index in [1.807, 2.05) is 0 Å². The molecule has 0 N–H and O–H groups in total. The Bertz CT molecular complexity index is 440. The zero-order chi connectivity index (χ0) is 12.0. The number of rotatable bonds is 2. The molecule has 0 aliphatic heterocycles. The molecule has 0 unspecified atom stereocenters. The average Bonchev–Trinajstić information content (AvgIpc) is 2.97. The van der Waals surface area contributed by atoms with Crippen molar-refractivity contribution < 1.29 is 18.0 Å². The van der Waals surface area contributed by atoms with Gasteiger partial charge in [0.1, 0.15) is 11.4 Å². The first-order chi connectivity index (χ1) is 7.39. The summed E-state index contributed by atoms with van der Waals surface area (Å²) < 4.78 is 37.3. The molecule has 2 rings (SSSR count). The third-order valence-corrected chi connectivity index (χ3v) is 3.02. The van der Waals surface area contributed by atoms with E-state index in [0.29, 0.717) is 25.3 Å². The molecule has 0 spiro atoms. The summed E-state index contributed by atoms with van der Waals surface area (Å²) in [4.78, 5) is 14.3. The molecule has 0 amide bonds. The second-order valence-electron chi connectivity index (χ2n) is 3.83. The number of hydrogen-bond donors (Lipinski definition) is 0. The number of carbonyl (C=O) groups is 1. The lowest BCUT2D eigenvalue weighted by molar-refractivity contribution is -0.138. The Labute approximate surface area is 94.4 Å². The molecule has 16 heavy (non-hydrogen) atoms. The predicted octanol–water partition coefficient (Wildman–Crippen LogP) is 2.98. The van der Waals surface area contributed by atoms with Gasteiger partial charge in [-0.1, -0.05) is 11.6 Å². The number of alkyl halides is 3. The second kappa shape index (κ2) is 3.45. The van der Waals surface area contributed by atoms with Crippen LogP contribution >= 0.6 is 11.6 Å². The van der Waals surface area contributed by atoms with Gasteiger partial charge in [-0.05, 0) is 18.9 Å². The van der Waals surface area contributed by atoms with Crippen LogP contribution in [0.2, 0.25) is 5.15 Å². The first-order valence-corrected chi connectivity index (χ1v) is 4.96. The van der Waals surface area contributed by atoms with Crippen molar-refractivity contribution >= 4 is 17.9 Å². The molecule has 0 radical (unpaired) electrons. The SMILES string of the molecule is O=CC1(c2cc(C(F)(F)F)cnc2Cl)CC1. The van der Waals surface area contributed by atoms with E-state index in [1.54, 1.807) is 0 Å². The molecule has 1 aromatic heterocycles. The van der Waals surface area contributed by atoms with Crippen LogP contribution in [-0.2, 0) is 16.4 Å². The van der Waals surface area contributed by atoms with Crippen molar-refractivity contribution in [2.45, 2.75) is 24.4 Å². The maximum Gasteiger partial charge on any atom is 0.417 e. The minimum atomic E-state index is -4.47. The molecular formula is C10H7ClF3NO. The van der Waals surface area contributed by atoms with E-state index in [9.17, 15) is 18.0 Å². The van der Waals surface area contributed by atoms with Crippen LogP contribution in [0.1, 0.15) is 24.0 Å². The molecule has 2 nitrogen and oxygen atoms in total. The highest BCUT2D eigenvalue weighted by Crippen LogP contribution is 2.49. The third-order valence-electron chi connectivity index (χ3n) is 2.72. The number of carbonyl (C=O) groups excluding carboxylic acids is 1. The Morgan fingerprint density at radius 1 is 1.44 bits per heavy atom. The van der Waals surface area contributed by atoms with Crippen molar-refractivity contribution in [3.63, 3.8) is 0 Å². The van der Waals surface area contributed by atoms with Crippen LogP contribution < -0.4 is 0 Å². The van der Waals surface area contributed by atoms with E-state index in [2.05, 4.69) is 4.98 Å². The normalized spacial score (nSPS) is 18.2. The fourth-order valence-electron chi connectivity index (χ4n) is 1.54. The van der Waals surface area contributed by atoms with Gasteiger partial charge in [0.15, 0.2) is 0 Å². The summed E-state index contributed by atoms with van der Waals surface area (Å²) in [7, 11) is 0. The summed E-state index contributed by atoms with van der Waals surface area (Å²) in [5.41, 5.74) is -1.54.